The Hall–Kier alpha value is -2.12. The molecule has 0 aliphatic carbocycles. The van der Waals surface area contributed by atoms with Crippen molar-refractivity contribution in [2.24, 2.45) is 0 Å². The summed E-state index contributed by atoms with van der Waals surface area (Å²) < 4.78 is 6.99. The second-order valence-electron chi connectivity index (χ2n) is 6.46. The SMILES string of the molecule is CCOCCn1c(=O)[nH]c2cc(C(=O)N3CCCN(C)CC3)ccc21. The molecule has 1 aromatic heterocycles. The monoisotopic (exact) mass is 346 g/mol. The molecule has 1 aliphatic heterocycles. The van der Waals surface area contributed by atoms with Gasteiger partial charge in [-0.25, -0.2) is 4.79 Å². The molecule has 1 N–H and O–H groups in total. The molecule has 1 fully saturated rings. The smallest absolute Gasteiger partial charge is 0.326 e. The Bertz CT molecular complexity index is 795. The van der Waals surface area contributed by atoms with Crippen molar-refractivity contribution in [3.05, 3.63) is 34.2 Å². The van der Waals surface area contributed by atoms with Gasteiger partial charge in [0.15, 0.2) is 0 Å². The second-order valence-corrected chi connectivity index (χ2v) is 6.46. The van der Waals surface area contributed by atoms with Crippen molar-refractivity contribution >= 4 is 16.9 Å². The molecule has 1 amide bonds. The number of hydrogen-bond acceptors (Lipinski definition) is 4. The van der Waals surface area contributed by atoms with E-state index in [1.165, 1.54) is 0 Å². The molecular weight excluding hydrogens is 320 g/mol. The van der Waals surface area contributed by atoms with Gasteiger partial charge in [-0.05, 0) is 45.1 Å². The van der Waals surface area contributed by atoms with Crippen molar-refractivity contribution in [2.75, 3.05) is 46.4 Å². The van der Waals surface area contributed by atoms with Crippen molar-refractivity contribution in [2.45, 2.75) is 19.9 Å². The van der Waals surface area contributed by atoms with Gasteiger partial charge in [0.2, 0.25) is 0 Å². The molecular formula is C18H26N4O3. The van der Waals surface area contributed by atoms with E-state index in [9.17, 15) is 9.59 Å². The average Bonchev–Trinajstić information content (AvgIpc) is 2.76. The first-order chi connectivity index (χ1) is 12.1. The van der Waals surface area contributed by atoms with Crippen LogP contribution in [-0.4, -0.2) is 71.7 Å². The molecule has 3 rings (SSSR count). The number of rotatable bonds is 5. The van der Waals surface area contributed by atoms with Crippen molar-refractivity contribution < 1.29 is 9.53 Å². The highest BCUT2D eigenvalue weighted by Crippen LogP contribution is 2.15. The van der Waals surface area contributed by atoms with Crippen molar-refractivity contribution in [1.82, 2.24) is 19.4 Å². The first kappa shape index (κ1) is 17.7. The molecule has 0 unspecified atom stereocenters. The van der Waals surface area contributed by atoms with Gasteiger partial charge in [-0.3, -0.25) is 9.36 Å². The number of amides is 1. The fraction of sp³-hybridized carbons (Fsp3) is 0.556. The first-order valence-electron chi connectivity index (χ1n) is 8.88. The quantitative estimate of drug-likeness (QED) is 0.825. The third-order valence-electron chi connectivity index (χ3n) is 4.69. The van der Waals surface area contributed by atoms with Gasteiger partial charge in [0, 0.05) is 31.8 Å². The zero-order valence-corrected chi connectivity index (χ0v) is 15.0. The maximum absolute atomic E-state index is 12.8. The van der Waals surface area contributed by atoms with Crippen LogP contribution in [0.15, 0.2) is 23.0 Å². The van der Waals surface area contributed by atoms with Crippen LogP contribution < -0.4 is 5.69 Å². The van der Waals surface area contributed by atoms with E-state index in [4.69, 9.17) is 4.74 Å². The van der Waals surface area contributed by atoms with E-state index in [0.717, 1.165) is 38.1 Å². The summed E-state index contributed by atoms with van der Waals surface area (Å²) in [6.45, 7) is 6.95. The molecule has 1 aromatic carbocycles. The molecule has 0 radical (unpaired) electrons. The highest BCUT2D eigenvalue weighted by molar-refractivity contribution is 5.97. The van der Waals surface area contributed by atoms with Crippen molar-refractivity contribution in [3.63, 3.8) is 0 Å². The molecule has 0 saturated carbocycles. The lowest BCUT2D eigenvalue weighted by molar-refractivity contribution is 0.0763. The number of nitrogens with one attached hydrogen (secondary N) is 1. The van der Waals surface area contributed by atoms with Gasteiger partial charge >= 0.3 is 5.69 Å². The average molecular weight is 346 g/mol. The lowest BCUT2D eigenvalue weighted by Crippen LogP contribution is -2.34. The molecule has 136 valence electrons. The molecule has 2 aromatic rings. The largest absolute Gasteiger partial charge is 0.380 e. The lowest BCUT2D eigenvalue weighted by atomic mass is 10.1. The number of H-pyrrole nitrogens is 1. The van der Waals surface area contributed by atoms with Gasteiger partial charge in [-0.1, -0.05) is 0 Å². The van der Waals surface area contributed by atoms with Crippen LogP contribution in [0.2, 0.25) is 0 Å². The zero-order chi connectivity index (χ0) is 17.8. The maximum Gasteiger partial charge on any atom is 0.326 e. The number of carbonyl (C=O) groups is 1. The summed E-state index contributed by atoms with van der Waals surface area (Å²) in [6.07, 6.45) is 0.981. The number of fused-ring (bicyclic) bond motifs is 1. The number of ether oxygens (including phenoxy) is 1. The van der Waals surface area contributed by atoms with Gasteiger partial charge in [0.05, 0.1) is 24.2 Å². The fourth-order valence-corrected chi connectivity index (χ4v) is 3.25. The number of imidazole rings is 1. The number of carbonyl (C=O) groups excluding carboxylic acids is 1. The number of aromatic nitrogens is 2. The maximum atomic E-state index is 12.8. The lowest BCUT2D eigenvalue weighted by Gasteiger charge is -2.20. The van der Waals surface area contributed by atoms with Gasteiger partial charge in [0.25, 0.3) is 5.91 Å². The van der Waals surface area contributed by atoms with Crippen molar-refractivity contribution in [1.29, 1.82) is 0 Å². The first-order valence-corrected chi connectivity index (χ1v) is 8.88. The summed E-state index contributed by atoms with van der Waals surface area (Å²) in [5.41, 5.74) is 1.95. The van der Waals surface area contributed by atoms with Crippen LogP contribution in [0.4, 0.5) is 0 Å². The van der Waals surface area contributed by atoms with Crippen LogP contribution in [0.25, 0.3) is 11.0 Å². The van der Waals surface area contributed by atoms with E-state index < -0.39 is 0 Å². The molecule has 7 nitrogen and oxygen atoms in total. The van der Waals surface area contributed by atoms with E-state index >= 15 is 0 Å². The van der Waals surface area contributed by atoms with Gasteiger partial charge in [0.1, 0.15) is 0 Å². The van der Waals surface area contributed by atoms with Crippen LogP contribution in [0.1, 0.15) is 23.7 Å². The van der Waals surface area contributed by atoms with Crippen LogP contribution in [0.5, 0.6) is 0 Å². The molecule has 2 heterocycles. The minimum absolute atomic E-state index is 0.0279. The summed E-state index contributed by atoms with van der Waals surface area (Å²) in [5.74, 6) is 0.0279. The standard InChI is InChI=1S/C18H26N4O3/c1-3-25-12-11-22-16-6-5-14(13-15(16)19-18(22)24)17(23)21-8-4-7-20(2)9-10-21/h5-6,13H,3-4,7-12H2,1-2H3,(H,19,24). The summed E-state index contributed by atoms with van der Waals surface area (Å²) >= 11 is 0. The molecule has 25 heavy (non-hydrogen) atoms. The summed E-state index contributed by atoms with van der Waals surface area (Å²) in [4.78, 5) is 31.9. The van der Waals surface area contributed by atoms with Gasteiger partial charge in [-0.2, -0.15) is 0 Å². The third-order valence-corrected chi connectivity index (χ3v) is 4.69. The zero-order valence-electron chi connectivity index (χ0n) is 15.0. The van der Waals surface area contributed by atoms with E-state index in [0.29, 0.717) is 30.8 Å². The van der Waals surface area contributed by atoms with E-state index in [1.807, 2.05) is 24.0 Å². The van der Waals surface area contributed by atoms with E-state index in [-0.39, 0.29) is 11.6 Å². The highest BCUT2D eigenvalue weighted by atomic mass is 16.5. The predicted octanol–water partition coefficient (Wildman–Crippen LogP) is 1.14. The predicted molar refractivity (Wildman–Crippen MR) is 97.1 cm³/mol. The third kappa shape index (κ3) is 3.93. The van der Waals surface area contributed by atoms with Crippen LogP contribution in [0, 0.1) is 0 Å². The van der Waals surface area contributed by atoms with Crippen LogP contribution >= 0.6 is 0 Å². The Morgan fingerprint density at radius 2 is 2.08 bits per heavy atom. The van der Waals surface area contributed by atoms with Gasteiger partial charge in [-0.15, -0.1) is 0 Å². The van der Waals surface area contributed by atoms with Crippen LogP contribution in [0.3, 0.4) is 0 Å². The Labute approximate surface area is 147 Å². The van der Waals surface area contributed by atoms with Crippen LogP contribution in [-0.2, 0) is 11.3 Å². The van der Waals surface area contributed by atoms with Crippen molar-refractivity contribution in [3.8, 4) is 0 Å². The molecule has 1 aliphatic rings. The highest BCUT2D eigenvalue weighted by Gasteiger charge is 2.19. The minimum Gasteiger partial charge on any atom is -0.380 e. The summed E-state index contributed by atoms with van der Waals surface area (Å²) in [6, 6.07) is 5.44. The topological polar surface area (TPSA) is 70.6 Å². The molecule has 1 saturated heterocycles. The number of nitrogens with zero attached hydrogens (tertiary/aromatic N) is 3. The van der Waals surface area contributed by atoms with E-state index in [2.05, 4.69) is 16.9 Å². The second kappa shape index (κ2) is 7.84. The van der Waals surface area contributed by atoms with Gasteiger partial charge < -0.3 is 19.5 Å². The summed E-state index contributed by atoms with van der Waals surface area (Å²) in [5, 5.41) is 0. The number of likely N-dealkylation sites (N-methyl/N-ethyl adjacent to an activating group) is 1. The Morgan fingerprint density at radius 3 is 2.88 bits per heavy atom. The Morgan fingerprint density at radius 1 is 1.24 bits per heavy atom. The Kier molecular flexibility index (Phi) is 5.55. The van der Waals surface area contributed by atoms with E-state index in [1.54, 1.807) is 10.6 Å². The summed E-state index contributed by atoms with van der Waals surface area (Å²) in [7, 11) is 2.08. The molecule has 0 bridgehead atoms. The number of hydrogen-bond donors (Lipinski definition) is 1. The molecule has 0 spiro atoms. The Balaban J connectivity index is 1.81. The number of benzene rings is 1. The molecule has 0 atom stereocenters. The number of aromatic amines is 1. The minimum atomic E-state index is -0.171. The molecule has 7 heteroatoms. The fourth-order valence-electron chi connectivity index (χ4n) is 3.25. The normalized spacial score (nSPS) is 16.3.